The van der Waals surface area contributed by atoms with Crippen molar-refractivity contribution in [3.05, 3.63) is 81.0 Å². The van der Waals surface area contributed by atoms with Crippen LogP contribution in [0.4, 0.5) is 10.1 Å². The smallest absolute Gasteiger partial charge is 0.276 e. The third kappa shape index (κ3) is 4.71. The molecular formula is C18H15FN4O4S. The largest absolute Gasteiger partial charge is 0.414 e. The van der Waals surface area contributed by atoms with Crippen LogP contribution in [-0.4, -0.2) is 21.0 Å². The van der Waals surface area contributed by atoms with Crippen LogP contribution in [0.25, 0.3) is 0 Å². The molecule has 0 fully saturated rings. The molecule has 1 amide bonds. The highest BCUT2D eigenvalue weighted by Crippen LogP contribution is 2.22. The van der Waals surface area contributed by atoms with Gasteiger partial charge in [0.1, 0.15) is 5.82 Å². The van der Waals surface area contributed by atoms with E-state index in [4.69, 9.17) is 4.42 Å². The van der Waals surface area contributed by atoms with Crippen molar-refractivity contribution < 1.29 is 18.5 Å². The van der Waals surface area contributed by atoms with E-state index in [0.717, 1.165) is 5.56 Å². The molecule has 0 saturated heterocycles. The van der Waals surface area contributed by atoms with Crippen molar-refractivity contribution in [3.8, 4) is 0 Å². The number of nitrogens with one attached hydrogen (secondary N) is 1. The van der Waals surface area contributed by atoms with E-state index in [9.17, 15) is 19.3 Å². The minimum absolute atomic E-state index is 0.00886. The Hall–Kier alpha value is -3.27. The van der Waals surface area contributed by atoms with Crippen molar-refractivity contribution in [2.75, 3.05) is 0 Å². The highest BCUT2D eigenvalue weighted by molar-refractivity contribution is 7.98. The lowest BCUT2D eigenvalue weighted by Gasteiger charge is -2.06. The molecule has 0 saturated carbocycles. The van der Waals surface area contributed by atoms with E-state index >= 15 is 0 Å². The van der Waals surface area contributed by atoms with Crippen LogP contribution < -0.4 is 5.32 Å². The molecule has 1 aromatic heterocycles. The SMILES string of the molecule is Cc1c(C(=O)NCc2nnc(SCc3ccc(F)cc3)o2)cccc1[N+](=O)[O-]. The standard InChI is InChI=1S/C18H15FN4O4S/c1-11-14(3-2-4-15(11)23(25)26)17(24)20-9-16-21-22-18(27-16)28-10-12-5-7-13(19)8-6-12/h2-8H,9-10H2,1H3,(H,20,24). The Bertz CT molecular complexity index is 1010. The lowest BCUT2D eigenvalue weighted by molar-refractivity contribution is -0.385. The Morgan fingerprint density at radius 2 is 2.00 bits per heavy atom. The number of nitro benzene ring substituents is 1. The van der Waals surface area contributed by atoms with Gasteiger partial charge < -0.3 is 9.73 Å². The third-order valence-electron chi connectivity index (χ3n) is 3.87. The number of hydrogen-bond acceptors (Lipinski definition) is 7. The molecule has 10 heteroatoms. The molecule has 0 radical (unpaired) electrons. The van der Waals surface area contributed by atoms with Crippen LogP contribution in [0.1, 0.15) is 27.4 Å². The van der Waals surface area contributed by atoms with Gasteiger partial charge in [0.2, 0.25) is 5.89 Å². The molecule has 0 aliphatic rings. The zero-order valence-corrected chi connectivity index (χ0v) is 15.5. The predicted octanol–water partition coefficient (Wildman–Crippen LogP) is 3.65. The van der Waals surface area contributed by atoms with Gasteiger partial charge in [-0.25, -0.2) is 4.39 Å². The summed E-state index contributed by atoms with van der Waals surface area (Å²) in [5.41, 5.74) is 1.27. The number of nitro groups is 1. The number of halogens is 1. The van der Waals surface area contributed by atoms with Crippen LogP contribution in [0, 0.1) is 22.9 Å². The summed E-state index contributed by atoms with van der Waals surface area (Å²) >= 11 is 1.29. The van der Waals surface area contributed by atoms with E-state index in [1.807, 2.05) is 0 Å². The van der Waals surface area contributed by atoms with Crippen molar-refractivity contribution in [2.45, 2.75) is 24.4 Å². The zero-order chi connectivity index (χ0) is 20.1. The van der Waals surface area contributed by atoms with Gasteiger partial charge in [-0.2, -0.15) is 0 Å². The summed E-state index contributed by atoms with van der Waals surface area (Å²) in [6.07, 6.45) is 0. The number of carbonyl (C=O) groups is 1. The number of rotatable bonds is 7. The molecule has 0 aliphatic heterocycles. The third-order valence-corrected chi connectivity index (χ3v) is 4.76. The van der Waals surface area contributed by atoms with Gasteiger partial charge in [0, 0.05) is 22.9 Å². The Morgan fingerprint density at radius 1 is 1.25 bits per heavy atom. The van der Waals surface area contributed by atoms with Gasteiger partial charge in [0.25, 0.3) is 16.8 Å². The summed E-state index contributed by atoms with van der Waals surface area (Å²) in [5.74, 6) is -0.0391. The summed E-state index contributed by atoms with van der Waals surface area (Å²) in [6.45, 7) is 1.51. The molecule has 144 valence electrons. The molecule has 0 spiro atoms. The molecule has 0 bridgehead atoms. The maximum absolute atomic E-state index is 12.9. The normalized spacial score (nSPS) is 10.6. The second-order valence-electron chi connectivity index (χ2n) is 5.77. The first-order valence-electron chi connectivity index (χ1n) is 8.16. The van der Waals surface area contributed by atoms with Crippen molar-refractivity contribution in [1.82, 2.24) is 15.5 Å². The molecule has 8 nitrogen and oxygen atoms in total. The molecule has 1 heterocycles. The van der Waals surface area contributed by atoms with E-state index in [1.54, 1.807) is 12.1 Å². The van der Waals surface area contributed by atoms with E-state index in [0.29, 0.717) is 11.0 Å². The van der Waals surface area contributed by atoms with Crippen LogP contribution in [0.3, 0.4) is 0 Å². The quantitative estimate of drug-likeness (QED) is 0.365. The summed E-state index contributed by atoms with van der Waals surface area (Å²) in [6, 6.07) is 10.4. The van der Waals surface area contributed by atoms with Gasteiger partial charge >= 0.3 is 0 Å². The van der Waals surface area contributed by atoms with Gasteiger partial charge in [0.05, 0.1) is 11.5 Å². The highest BCUT2D eigenvalue weighted by atomic mass is 32.2. The first kappa shape index (κ1) is 19.5. The van der Waals surface area contributed by atoms with Crippen molar-refractivity contribution in [1.29, 1.82) is 0 Å². The molecular weight excluding hydrogens is 387 g/mol. The van der Waals surface area contributed by atoms with Gasteiger partial charge in [-0.3, -0.25) is 14.9 Å². The van der Waals surface area contributed by atoms with E-state index in [2.05, 4.69) is 15.5 Å². The predicted molar refractivity (Wildman–Crippen MR) is 99.3 cm³/mol. The lowest BCUT2D eigenvalue weighted by atomic mass is 10.1. The number of hydrogen-bond donors (Lipinski definition) is 1. The maximum Gasteiger partial charge on any atom is 0.276 e. The lowest BCUT2D eigenvalue weighted by Crippen LogP contribution is -2.24. The molecule has 0 atom stereocenters. The minimum Gasteiger partial charge on any atom is -0.414 e. The van der Waals surface area contributed by atoms with Crippen LogP contribution in [0.2, 0.25) is 0 Å². The Labute approximate surface area is 163 Å². The Morgan fingerprint density at radius 3 is 2.71 bits per heavy atom. The fourth-order valence-corrected chi connectivity index (χ4v) is 3.15. The Kier molecular flexibility index (Phi) is 5.99. The fraction of sp³-hybridized carbons (Fsp3) is 0.167. The number of amides is 1. The summed E-state index contributed by atoms with van der Waals surface area (Å²) in [7, 11) is 0. The van der Waals surface area contributed by atoms with Crippen molar-refractivity contribution in [2.24, 2.45) is 0 Å². The van der Waals surface area contributed by atoms with E-state index < -0.39 is 10.8 Å². The molecule has 0 unspecified atom stereocenters. The second-order valence-corrected chi connectivity index (χ2v) is 6.69. The number of nitrogens with zero attached hydrogens (tertiary/aromatic N) is 3. The van der Waals surface area contributed by atoms with Gasteiger partial charge in [-0.15, -0.1) is 10.2 Å². The molecule has 1 N–H and O–H groups in total. The van der Waals surface area contributed by atoms with Crippen LogP contribution in [0.15, 0.2) is 52.1 Å². The summed E-state index contributed by atoms with van der Waals surface area (Å²) in [4.78, 5) is 22.7. The van der Waals surface area contributed by atoms with Gasteiger partial charge in [-0.1, -0.05) is 30.0 Å². The molecule has 3 rings (SSSR count). The monoisotopic (exact) mass is 402 g/mol. The number of aromatic nitrogens is 2. The van der Waals surface area contributed by atoms with Crippen LogP contribution in [-0.2, 0) is 12.3 Å². The number of benzene rings is 2. The molecule has 0 aliphatic carbocycles. The van der Waals surface area contributed by atoms with E-state index in [-0.39, 0.29) is 35.1 Å². The fourth-order valence-electron chi connectivity index (χ4n) is 2.41. The van der Waals surface area contributed by atoms with Crippen LogP contribution >= 0.6 is 11.8 Å². The average Bonchev–Trinajstić information content (AvgIpc) is 3.13. The van der Waals surface area contributed by atoms with Gasteiger partial charge in [0.15, 0.2) is 0 Å². The average molecular weight is 402 g/mol. The summed E-state index contributed by atoms with van der Waals surface area (Å²) in [5, 5.41) is 21.6. The maximum atomic E-state index is 12.9. The second kappa shape index (κ2) is 8.61. The van der Waals surface area contributed by atoms with Gasteiger partial charge in [-0.05, 0) is 30.7 Å². The Balaban J connectivity index is 1.57. The van der Waals surface area contributed by atoms with Crippen LogP contribution in [0.5, 0.6) is 0 Å². The highest BCUT2D eigenvalue weighted by Gasteiger charge is 2.18. The topological polar surface area (TPSA) is 111 Å². The van der Waals surface area contributed by atoms with Crippen molar-refractivity contribution >= 4 is 23.4 Å². The van der Waals surface area contributed by atoms with E-state index in [1.165, 1.54) is 49.0 Å². The zero-order valence-electron chi connectivity index (χ0n) is 14.7. The summed E-state index contributed by atoms with van der Waals surface area (Å²) < 4.78 is 18.3. The van der Waals surface area contributed by atoms with Crippen molar-refractivity contribution in [3.63, 3.8) is 0 Å². The number of thioether (sulfide) groups is 1. The minimum atomic E-state index is -0.533. The molecule has 3 aromatic rings. The molecule has 28 heavy (non-hydrogen) atoms. The first-order valence-corrected chi connectivity index (χ1v) is 9.14. The number of carbonyl (C=O) groups excluding carboxylic acids is 1. The molecule has 2 aromatic carbocycles. The first-order chi connectivity index (χ1) is 13.4.